The van der Waals surface area contributed by atoms with Crippen molar-refractivity contribution in [2.24, 2.45) is 0 Å². The van der Waals surface area contributed by atoms with E-state index < -0.39 is 18.3 Å². The van der Waals surface area contributed by atoms with Crippen LogP contribution in [-0.2, 0) is 9.31 Å². The summed E-state index contributed by atoms with van der Waals surface area (Å²) in [5, 5.41) is 11.4. The second kappa shape index (κ2) is 4.83. The molecule has 1 N–H and O–H groups in total. The molecule has 2 aromatic carbocycles. The van der Waals surface area contributed by atoms with E-state index in [-0.39, 0.29) is 11.3 Å². The summed E-state index contributed by atoms with van der Waals surface area (Å²) in [4.78, 5) is 11.3. The van der Waals surface area contributed by atoms with Crippen molar-refractivity contribution in [2.75, 3.05) is 0 Å². The molecule has 0 unspecified atom stereocenters. The van der Waals surface area contributed by atoms with Gasteiger partial charge < -0.3 is 14.4 Å². The number of hydrogen-bond acceptors (Lipinski definition) is 4. The Morgan fingerprint density at radius 2 is 1.64 bits per heavy atom. The Bertz CT molecular complexity index is 736. The van der Waals surface area contributed by atoms with Crippen molar-refractivity contribution in [3.05, 3.63) is 35.9 Å². The van der Waals surface area contributed by atoms with Gasteiger partial charge in [-0.05, 0) is 50.0 Å². The first-order valence-corrected chi connectivity index (χ1v) is 7.32. The zero-order valence-corrected chi connectivity index (χ0v) is 13.2. The predicted molar refractivity (Wildman–Crippen MR) is 86.7 cm³/mol. The Morgan fingerprint density at radius 3 is 2.23 bits per heavy atom. The van der Waals surface area contributed by atoms with Gasteiger partial charge in [-0.15, -0.1) is 0 Å². The maximum atomic E-state index is 11.3. The van der Waals surface area contributed by atoms with E-state index in [1.807, 2.05) is 45.9 Å². The van der Waals surface area contributed by atoms with Gasteiger partial charge in [-0.25, -0.2) is 0 Å². The molecule has 5 heteroatoms. The Labute approximate surface area is 130 Å². The average molecular weight is 298 g/mol. The highest BCUT2D eigenvalue weighted by atomic mass is 16.7. The fraction of sp³-hybridized carbons (Fsp3) is 0.353. The number of rotatable bonds is 2. The molecule has 0 radical (unpaired) electrons. The number of fused-ring (bicyclic) bond motifs is 1. The van der Waals surface area contributed by atoms with Gasteiger partial charge in [-0.2, -0.15) is 0 Å². The third-order valence-electron chi connectivity index (χ3n) is 4.71. The molecule has 1 fully saturated rings. The smallest absolute Gasteiger partial charge is 0.494 e. The van der Waals surface area contributed by atoms with Gasteiger partial charge in [0.05, 0.1) is 16.8 Å². The molecule has 1 aliphatic rings. The minimum absolute atomic E-state index is 0.0198. The van der Waals surface area contributed by atoms with Gasteiger partial charge in [0, 0.05) is 0 Å². The summed E-state index contributed by atoms with van der Waals surface area (Å²) in [6, 6.07) is 8.99. The van der Waals surface area contributed by atoms with E-state index in [0.717, 1.165) is 10.8 Å². The molecule has 0 atom stereocenters. The van der Waals surface area contributed by atoms with E-state index in [1.54, 1.807) is 6.07 Å². The molecule has 0 aromatic heterocycles. The first-order valence-electron chi connectivity index (χ1n) is 7.32. The number of phenols is 1. The largest absolute Gasteiger partial charge is 0.507 e. The summed E-state index contributed by atoms with van der Waals surface area (Å²) in [5.74, 6) is -0.0198. The molecule has 1 saturated heterocycles. The first kappa shape index (κ1) is 15.1. The summed E-state index contributed by atoms with van der Waals surface area (Å²) in [5.41, 5.74) is 0.286. The number of aldehydes is 1. The van der Waals surface area contributed by atoms with Crippen molar-refractivity contribution in [3.8, 4) is 5.75 Å². The monoisotopic (exact) mass is 298 g/mol. The van der Waals surface area contributed by atoms with Crippen LogP contribution in [0.2, 0.25) is 0 Å². The number of aromatic hydroxyl groups is 1. The van der Waals surface area contributed by atoms with Gasteiger partial charge in [0.25, 0.3) is 0 Å². The minimum Gasteiger partial charge on any atom is -0.507 e. The SMILES string of the molecule is CC1(C)OB(c2ccc3ccc(O)c(C=O)c3c2)OC1(C)C. The van der Waals surface area contributed by atoms with Crippen LogP contribution in [0.1, 0.15) is 38.1 Å². The van der Waals surface area contributed by atoms with E-state index in [9.17, 15) is 9.90 Å². The summed E-state index contributed by atoms with van der Waals surface area (Å²) in [6.45, 7) is 7.99. The Morgan fingerprint density at radius 1 is 1.05 bits per heavy atom. The molecule has 22 heavy (non-hydrogen) atoms. The molecule has 114 valence electrons. The Hall–Kier alpha value is -1.85. The molecule has 1 aliphatic heterocycles. The average Bonchev–Trinajstić information content (AvgIpc) is 2.67. The van der Waals surface area contributed by atoms with E-state index in [1.165, 1.54) is 6.07 Å². The second-order valence-electron chi connectivity index (χ2n) is 6.69. The number of carbonyl (C=O) groups excluding carboxylic acids is 1. The second-order valence-corrected chi connectivity index (χ2v) is 6.69. The highest BCUT2D eigenvalue weighted by Crippen LogP contribution is 2.36. The van der Waals surface area contributed by atoms with Crippen LogP contribution in [0.25, 0.3) is 10.8 Å². The van der Waals surface area contributed by atoms with Gasteiger partial charge in [0.2, 0.25) is 0 Å². The van der Waals surface area contributed by atoms with Crippen molar-refractivity contribution in [2.45, 2.75) is 38.9 Å². The molecular formula is C17H19BO4. The molecule has 0 spiro atoms. The highest BCUT2D eigenvalue weighted by molar-refractivity contribution is 6.62. The fourth-order valence-corrected chi connectivity index (χ4v) is 2.60. The minimum atomic E-state index is -0.490. The lowest BCUT2D eigenvalue weighted by molar-refractivity contribution is 0.00578. The zero-order valence-electron chi connectivity index (χ0n) is 13.2. The van der Waals surface area contributed by atoms with Crippen LogP contribution in [0.4, 0.5) is 0 Å². The maximum Gasteiger partial charge on any atom is 0.494 e. The normalized spacial score (nSPS) is 19.5. The number of hydrogen-bond donors (Lipinski definition) is 1. The number of carbonyl (C=O) groups is 1. The van der Waals surface area contributed by atoms with Crippen molar-refractivity contribution < 1.29 is 19.2 Å². The van der Waals surface area contributed by atoms with Crippen LogP contribution < -0.4 is 5.46 Å². The van der Waals surface area contributed by atoms with E-state index in [4.69, 9.17) is 9.31 Å². The zero-order chi connectivity index (χ0) is 16.1. The maximum absolute atomic E-state index is 11.3. The molecule has 0 saturated carbocycles. The quantitative estimate of drug-likeness (QED) is 0.684. The van der Waals surface area contributed by atoms with Crippen LogP contribution in [0.15, 0.2) is 30.3 Å². The Balaban J connectivity index is 2.08. The van der Waals surface area contributed by atoms with Crippen LogP contribution in [0, 0.1) is 0 Å². The number of phenolic OH excluding ortho intramolecular Hbond substituents is 1. The fourth-order valence-electron chi connectivity index (χ4n) is 2.60. The Kier molecular flexibility index (Phi) is 3.31. The van der Waals surface area contributed by atoms with E-state index in [2.05, 4.69) is 0 Å². The molecule has 4 nitrogen and oxygen atoms in total. The summed E-state index contributed by atoms with van der Waals surface area (Å²) in [7, 11) is -0.490. The molecule has 0 bridgehead atoms. The standard InChI is InChI=1S/C17H19BO4/c1-16(2)17(3,4)22-18(21-16)12-7-5-11-6-8-15(20)14(10-19)13(11)9-12/h5-10,20H,1-4H3. The predicted octanol–water partition coefficient (Wildman–Crippen LogP) is 2.66. The highest BCUT2D eigenvalue weighted by Gasteiger charge is 2.51. The van der Waals surface area contributed by atoms with Gasteiger partial charge in [0.15, 0.2) is 6.29 Å². The van der Waals surface area contributed by atoms with Crippen LogP contribution in [-0.4, -0.2) is 29.7 Å². The molecule has 0 aliphatic carbocycles. The third kappa shape index (κ3) is 2.21. The number of benzene rings is 2. The lowest BCUT2D eigenvalue weighted by atomic mass is 9.78. The van der Waals surface area contributed by atoms with Crippen molar-refractivity contribution in [3.63, 3.8) is 0 Å². The van der Waals surface area contributed by atoms with Crippen molar-refractivity contribution >= 4 is 29.6 Å². The van der Waals surface area contributed by atoms with E-state index >= 15 is 0 Å². The lowest BCUT2D eigenvalue weighted by Crippen LogP contribution is -2.41. The topological polar surface area (TPSA) is 55.8 Å². The summed E-state index contributed by atoms with van der Waals surface area (Å²) >= 11 is 0. The van der Waals surface area contributed by atoms with Crippen molar-refractivity contribution in [1.29, 1.82) is 0 Å². The van der Waals surface area contributed by atoms with Crippen molar-refractivity contribution in [1.82, 2.24) is 0 Å². The van der Waals surface area contributed by atoms with Crippen LogP contribution in [0.5, 0.6) is 5.75 Å². The van der Waals surface area contributed by atoms with Gasteiger partial charge in [0.1, 0.15) is 5.75 Å². The van der Waals surface area contributed by atoms with E-state index in [0.29, 0.717) is 11.7 Å². The van der Waals surface area contributed by atoms with Gasteiger partial charge >= 0.3 is 7.12 Å². The molecule has 3 rings (SSSR count). The third-order valence-corrected chi connectivity index (χ3v) is 4.71. The first-order chi connectivity index (χ1) is 10.2. The lowest BCUT2D eigenvalue weighted by Gasteiger charge is -2.32. The summed E-state index contributed by atoms with van der Waals surface area (Å²) < 4.78 is 12.1. The van der Waals surface area contributed by atoms with Crippen LogP contribution in [0.3, 0.4) is 0 Å². The summed E-state index contributed by atoms with van der Waals surface area (Å²) in [6.07, 6.45) is 0.672. The molecule has 2 aromatic rings. The molecule has 0 amide bonds. The molecule has 1 heterocycles. The van der Waals surface area contributed by atoms with Gasteiger partial charge in [-0.1, -0.05) is 24.3 Å². The van der Waals surface area contributed by atoms with Crippen LogP contribution >= 0.6 is 0 Å². The molecular weight excluding hydrogens is 279 g/mol. The van der Waals surface area contributed by atoms with Gasteiger partial charge in [-0.3, -0.25) is 4.79 Å².